The number of nitrogens with zero attached hydrogens (tertiary/aromatic N) is 2. The Labute approximate surface area is 160 Å². The molecule has 1 saturated heterocycles. The van der Waals surface area contributed by atoms with Gasteiger partial charge in [-0.25, -0.2) is 0 Å². The second-order valence-electron chi connectivity index (χ2n) is 7.38. The standard InChI is InChI=1S/C21H28BrN3/c1-13-7-15(3)20(16(4)8-13)24-12-19(11-22)25(23-24)21-17(5)9-14(2)10-18(21)6/h7-10,19,23H,11-12H2,1-6H3. The molecular formula is C21H28BrN3. The Morgan fingerprint density at radius 3 is 1.72 bits per heavy atom. The second-order valence-corrected chi connectivity index (χ2v) is 8.03. The zero-order valence-corrected chi connectivity index (χ0v) is 17.7. The molecule has 0 aliphatic carbocycles. The fourth-order valence-electron chi connectivity index (χ4n) is 4.19. The van der Waals surface area contributed by atoms with E-state index >= 15 is 0 Å². The summed E-state index contributed by atoms with van der Waals surface area (Å²) in [6.45, 7) is 14.1. The van der Waals surface area contributed by atoms with E-state index in [2.05, 4.69) is 97.3 Å². The third-order valence-corrected chi connectivity index (χ3v) is 5.69. The molecule has 134 valence electrons. The maximum Gasteiger partial charge on any atom is 0.0761 e. The first-order valence-electron chi connectivity index (χ1n) is 8.86. The summed E-state index contributed by atoms with van der Waals surface area (Å²) in [5.74, 6) is 0. The molecule has 1 atom stereocenters. The summed E-state index contributed by atoms with van der Waals surface area (Å²) in [4.78, 5) is 0. The first-order valence-corrected chi connectivity index (χ1v) is 9.98. The average molecular weight is 402 g/mol. The van der Waals surface area contributed by atoms with Crippen LogP contribution < -0.4 is 15.6 Å². The van der Waals surface area contributed by atoms with E-state index in [1.165, 1.54) is 44.8 Å². The zero-order valence-electron chi connectivity index (χ0n) is 16.1. The Kier molecular flexibility index (Phi) is 5.12. The highest BCUT2D eigenvalue weighted by Gasteiger charge is 2.33. The van der Waals surface area contributed by atoms with Crippen LogP contribution in [-0.2, 0) is 0 Å². The van der Waals surface area contributed by atoms with Crippen LogP contribution in [0.2, 0.25) is 0 Å². The van der Waals surface area contributed by atoms with Crippen molar-refractivity contribution in [2.45, 2.75) is 47.6 Å². The molecule has 3 nitrogen and oxygen atoms in total. The predicted octanol–water partition coefficient (Wildman–Crippen LogP) is 5.05. The quantitative estimate of drug-likeness (QED) is 0.726. The maximum absolute atomic E-state index is 3.72. The SMILES string of the molecule is Cc1cc(C)c(N2CC(CBr)N(c3c(C)cc(C)cc3C)N2)c(C)c1. The first-order chi connectivity index (χ1) is 11.8. The predicted molar refractivity (Wildman–Crippen MR) is 112 cm³/mol. The van der Waals surface area contributed by atoms with E-state index in [1.54, 1.807) is 0 Å². The van der Waals surface area contributed by atoms with Gasteiger partial charge in [0.05, 0.1) is 24.0 Å². The number of rotatable bonds is 3. The molecule has 0 saturated carbocycles. The van der Waals surface area contributed by atoms with E-state index in [9.17, 15) is 0 Å². The van der Waals surface area contributed by atoms with E-state index in [0.29, 0.717) is 6.04 Å². The Hall–Kier alpha value is -1.52. The summed E-state index contributed by atoms with van der Waals surface area (Å²) >= 11 is 3.72. The average Bonchev–Trinajstić information content (AvgIpc) is 2.88. The van der Waals surface area contributed by atoms with Crippen molar-refractivity contribution in [3.8, 4) is 0 Å². The molecule has 2 aromatic rings. The molecule has 0 amide bonds. The van der Waals surface area contributed by atoms with Gasteiger partial charge in [-0.15, -0.1) is 5.53 Å². The van der Waals surface area contributed by atoms with Crippen LogP contribution in [0.3, 0.4) is 0 Å². The van der Waals surface area contributed by atoms with Crippen molar-refractivity contribution in [3.63, 3.8) is 0 Å². The molecule has 3 rings (SSSR count). The van der Waals surface area contributed by atoms with Gasteiger partial charge in [-0.05, 0) is 63.8 Å². The second kappa shape index (κ2) is 7.00. The molecule has 4 heteroatoms. The van der Waals surface area contributed by atoms with Crippen molar-refractivity contribution in [3.05, 3.63) is 57.6 Å². The first kappa shape index (κ1) is 18.3. The van der Waals surface area contributed by atoms with E-state index in [1.807, 2.05) is 0 Å². The van der Waals surface area contributed by atoms with Crippen molar-refractivity contribution < 1.29 is 0 Å². The van der Waals surface area contributed by atoms with Crippen LogP contribution in [0, 0.1) is 41.5 Å². The number of hydrazine groups is 2. The van der Waals surface area contributed by atoms with Crippen LogP contribution in [0.1, 0.15) is 33.4 Å². The molecule has 1 unspecified atom stereocenters. The minimum absolute atomic E-state index is 0.375. The van der Waals surface area contributed by atoms with E-state index in [4.69, 9.17) is 0 Å². The zero-order chi connectivity index (χ0) is 18.3. The van der Waals surface area contributed by atoms with E-state index in [-0.39, 0.29) is 0 Å². The van der Waals surface area contributed by atoms with Gasteiger partial charge < -0.3 is 0 Å². The van der Waals surface area contributed by atoms with Crippen molar-refractivity contribution in [2.75, 3.05) is 21.9 Å². The summed E-state index contributed by atoms with van der Waals surface area (Å²) in [6.07, 6.45) is 0. The van der Waals surface area contributed by atoms with Crippen LogP contribution in [-0.4, -0.2) is 17.9 Å². The third-order valence-electron chi connectivity index (χ3n) is 4.95. The summed E-state index contributed by atoms with van der Waals surface area (Å²) in [5.41, 5.74) is 14.1. The summed E-state index contributed by atoms with van der Waals surface area (Å²) in [7, 11) is 0. The number of hydrogen-bond acceptors (Lipinski definition) is 3. The van der Waals surface area contributed by atoms with Gasteiger partial charge in [-0.2, -0.15) is 0 Å². The van der Waals surface area contributed by atoms with Crippen LogP contribution in [0.5, 0.6) is 0 Å². The lowest BCUT2D eigenvalue weighted by Gasteiger charge is -2.29. The Morgan fingerprint density at radius 1 is 0.840 bits per heavy atom. The number of hydrogen-bond donors (Lipinski definition) is 1. The lowest BCUT2D eigenvalue weighted by atomic mass is 10.0. The van der Waals surface area contributed by atoms with Crippen LogP contribution >= 0.6 is 15.9 Å². The highest BCUT2D eigenvalue weighted by atomic mass is 79.9. The van der Waals surface area contributed by atoms with Gasteiger partial charge >= 0.3 is 0 Å². The molecule has 25 heavy (non-hydrogen) atoms. The van der Waals surface area contributed by atoms with Crippen molar-refractivity contribution in [1.29, 1.82) is 0 Å². The number of halogens is 1. The molecule has 1 N–H and O–H groups in total. The monoisotopic (exact) mass is 401 g/mol. The Morgan fingerprint density at radius 2 is 1.28 bits per heavy atom. The van der Waals surface area contributed by atoms with Gasteiger partial charge in [0, 0.05) is 5.33 Å². The number of alkyl halides is 1. The molecule has 0 aromatic heterocycles. The molecule has 1 aliphatic rings. The summed E-state index contributed by atoms with van der Waals surface area (Å²) in [6, 6.07) is 9.43. The minimum atomic E-state index is 0.375. The number of benzene rings is 2. The smallest absolute Gasteiger partial charge is 0.0761 e. The van der Waals surface area contributed by atoms with Crippen LogP contribution in [0.25, 0.3) is 0 Å². The van der Waals surface area contributed by atoms with Gasteiger partial charge in [-0.3, -0.25) is 10.0 Å². The minimum Gasteiger partial charge on any atom is -0.288 e. The lowest BCUT2D eigenvalue weighted by Crippen LogP contribution is -2.43. The molecule has 1 heterocycles. The topological polar surface area (TPSA) is 18.5 Å². The van der Waals surface area contributed by atoms with Gasteiger partial charge in [0.25, 0.3) is 0 Å². The normalized spacial score (nSPS) is 17.5. The molecule has 1 fully saturated rings. The lowest BCUT2D eigenvalue weighted by molar-refractivity contribution is 0.693. The van der Waals surface area contributed by atoms with Crippen molar-refractivity contribution >= 4 is 27.3 Å². The number of anilines is 2. The molecule has 2 aromatic carbocycles. The molecule has 0 bridgehead atoms. The molecule has 0 spiro atoms. The van der Waals surface area contributed by atoms with Gasteiger partial charge in [0.2, 0.25) is 0 Å². The van der Waals surface area contributed by atoms with Crippen molar-refractivity contribution in [1.82, 2.24) is 5.53 Å². The van der Waals surface area contributed by atoms with Gasteiger partial charge in [0.1, 0.15) is 0 Å². The molecule has 1 aliphatic heterocycles. The Balaban J connectivity index is 2.00. The fourth-order valence-corrected chi connectivity index (χ4v) is 4.68. The number of nitrogens with one attached hydrogen (secondary N) is 1. The summed E-state index contributed by atoms with van der Waals surface area (Å²) in [5, 5.41) is 5.56. The van der Waals surface area contributed by atoms with E-state index < -0.39 is 0 Å². The van der Waals surface area contributed by atoms with Crippen molar-refractivity contribution in [2.24, 2.45) is 0 Å². The third kappa shape index (κ3) is 3.42. The van der Waals surface area contributed by atoms with E-state index in [0.717, 1.165) is 11.9 Å². The molecular weight excluding hydrogens is 374 g/mol. The summed E-state index contributed by atoms with van der Waals surface area (Å²) < 4.78 is 0. The van der Waals surface area contributed by atoms with Gasteiger partial charge in [-0.1, -0.05) is 51.3 Å². The van der Waals surface area contributed by atoms with Crippen LogP contribution in [0.15, 0.2) is 24.3 Å². The highest BCUT2D eigenvalue weighted by Crippen LogP contribution is 2.33. The van der Waals surface area contributed by atoms with Gasteiger partial charge in [0.15, 0.2) is 0 Å². The maximum atomic E-state index is 3.72. The Bertz CT molecular complexity index is 754. The van der Waals surface area contributed by atoms with Crippen LogP contribution in [0.4, 0.5) is 11.4 Å². The highest BCUT2D eigenvalue weighted by molar-refractivity contribution is 9.09. The number of aryl methyl sites for hydroxylation is 6. The molecule has 0 radical (unpaired) electrons. The fraction of sp³-hybridized carbons (Fsp3) is 0.429. The largest absolute Gasteiger partial charge is 0.288 e.